The Morgan fingerprint density at radius 1 is 1.20 bits per heavy atom. The normalized spacial score (nSPS) is 10.9. The third-order valence-electron chi connectivity index (χ3n) is 2.84. The highest BCUT2D eigenvalue weighted by atomic mass is 35.5. The van der Waals surface area contributed by atoms with Crippen molar-refractivity contribution in [2.45, 2.75) is 6.54 Å². The Bertz CT molecular complexity index is 770. The van der Waals surface area contributed by atoms with Crippen molar-refractivity contribution in [3.05, 3.63) is 58.9 Å². The highest BCUT2D eigenvalue weighted by Gasteiger charge is 2.09. The van der Waals surface area contributed by atoms with E-state index < -0.39 is 11.6 Å². The number of aromatic nitrogens is 2. The third kappa shape index (κ3) is 2.58. The number of halogens is 3. The van der Waals surface area contributed by atoms with Gasteiger partial charge in [0.1, 0.15) is 17.2 Å². The van der Waals surface area contributed by atoms with Gasteiger partial charge in [0, 0.05) is 16.8 Å². The van der Waals surface area contributed by atoms with Gasteiger partial charge in [-0.3, -0.25) is 0 Å². The molecule has 1 heterocycles. The molecule has 0 saturated heterocycles. The Labute approximate surface area is 118 Å². The minimum absolute atomic E-state index is 0.134. The average molecular weight is 294 g/mol. The van der Waals surface area contributed by atoms with Crippen molar-refractivity contribution in [2.24, 2.45) is 0 Å². The number of rotatable bonds is 3. The van der Waals surface area contributed by atoms with Crippen molar-refractivity contribution in [1.82, 2.24) is 9.97 Å². The standard InChI is InChI=1S/C14H10ClF2N3/c15-8-2-1-3-10(4-8)18-7-13-19-12-6-9(16)5-11(17)14(12)20-13/h1-6,18H,7H2,(H,19,20). The number of H-pyrrole nitrogens is 1. The summed E-state index contributed by atoms with van der Waals surface area (Å²) >= 11 is 5.87. The van der Waals surface area contributed by atoms with Crippen LogP contribution >= 0.6 is 11.6 Å². The Morgan fingerprint density at radius 3 is 2.85 bits per heavy atom. The van der Waals surface area contributed by atoms with Gasteiger partial charge in [0.25, 0.3) is 0 Å². The van der Waals surface area contributed by atoms with E-state index in [2.05, 4.69) is 15.3 Å². The molecule has 0 radical (unpaired) electrons. The van der Waals surface area contributed by atoms with Crippen LogP contribution in [0.5, 0.6) is 0 Å². The Hall–Kier alpha value is -2.14. The van der Waals surface area contributed by atoms with Crippen LogP contribution in [-0.2, 0) is 6.54 Å². The van der Waals surface area contributed by atoms with Crippen LogP contribution in [0.4, 0.5) is 14.5 Å². The van der Waals surface area contributed by atoms with Crippen molar-refractivity contribution >= 4 is 28.3 Å². The quantitative estimate of drug-likeness (QED) is 0.763. The van der Waals surface area contributed by atoms with Gasteiger partial charge in [-0.15, -0.1) is 0 Å². The zero-order valence-corrected chi connectivity index (χ0v) is 11.0. The largest absolute Gasteiger partial charge is 0.378 e. The Balaban J connectivity index is 1.83. The summed E-state index contributed by atoms with van der Waals surface area (Å²) in [6, 6.07) is 9.25. The molecular formula is C14H10ClF2N3. The summed E-state index contributed by atoms with van der Waals surface area (Å²) in [5, 5.41) is 3.72. The molecule has 0 saturated carbocycles. The molecule has 2 aromatic carbocycles. The second-order valence-corrected chi connectivity index (χ2v) is 4.77. The molecular weight excluding hydrogens is 284 g/mol. The van der Waals surface area contributed by atoms with Crippen LogP contribution in [-0.4, -0.2) is 9.97 Å². The van der Waals surface area contributed by atoms with Gasteiger partial charge < -0.3 is 10.3 Å². The maximum atomic E-state index is 13.5. The minimum Gasteiger partial charge on any atom is -0.378 e. The molecule has 3 rings (SSSR count). The lowest BCUT2D eigenvalue weighted by Gasteiger charge is -2.04. The predicted molar refractivity (Wildman–Crippen MR) is 74.8 cm³/mol. The van der Waals surface area contributed by atoms with E-state index in [9.17, 15) is 8.78 Å². The van der Waals surface area contributed by atoms with Crippen LogP contribution < -0.4 is 5.32 Å². The molecule has 102 valence electrons. The molecule has 0 fully saturated rings. The summed E-state index contributed by atoms with van der Waals surface area (Å²) in [6.07, 6.45) is 0. The summed E-state index contributed by atoms with van der Waals surface area (Å²) < 4.78 is 26.6. The average Bonchev–Trinajstić information content (AvgIpc) is 2.80. The fourth-order valence-corrected chi connectivity index (χ4v) is 2.15. The highest BCUT2D eigenvalue weighted by molar-refractivity contribution is 6.30. The van der Waals surface area contributed by atoms with Crippen molar-refractivity contribution < 1.29 is 8.78 Å². The van der Waals surface area contributed by atoms with Gasteiger partial charge in [-0.1, -0.05) is 17.7 Å². The van der Waals surface area contributed by atoms with Crippen molar-refractivity contribution in [3.8, 4) is 0 Å². The van der Waals surface area contributed by atoms with Gasteiger partial charge >= 0.3 is 0 Å². The number of hydrogen-bond acceptors (Lipinski definition) is 2. The van der Waals surface area contributed by atoms with Crippen LogP contribution in [0.2, 0.25) is 5.02 Å². The molecule has 6 heteroatoms. The van der Waals surface area contributed by atoms with Gasteiger partial charge in [0.2, 0.25) is 0 Å². The van der Waals surface area contributed by atoms with E-state index in [0.717, 1.165) is 11.8 Å². The SMILES string of the molecule is Fc1cc(F)c2nc(CNc3cccc(Cl)c3)[nH]c2c1. The van der Waals surface area contributed by atoms with Crippen molar-refractivity contribution in [3.63, 3.8) is 0 Å². The first-order valence-corrected chi connectivity index (χ1v) is 6.33. The van der Waals surface area contributed by atoms with Gasteiger partial charge in [0.05, 0.1) is 12.1 Å². The smallest absolute Gasteiger partial charge is 0.153 e. The first-order chi connectivity index (χ1) is 9.61. The van der Waals surface area contributed by atoms with E-state index in [4.69, 9.17) is 11.6 Å². The van der Waals surface area contributed by atoms with E-state index in [1.807, 2.05) is 12.1 Å². The van der Waals surface area contributed by atoms with E-state index in [0.29, 0.717) is 22.9 Å². The summed E-state index contributed by atoms with van der Waals surface area (Å²) in [5.74, 6) is -0.789. The van der Waals surface area contributed by atoms with E-state index in [1.54, 1.807) is 12.1 Å². The number of benzene rings is 2. The van der Waals surface area contributed by atoms with Gasteiger partial charge in [-0.25, -0.2) is 13.8 Å². The topological polar surface area (TPSA) is 40.7 Å². The molecule has 0 unspecified atom stereocenters. The molecule has 0 aliphatic heterocycles. The lowest BCUT2D eigenvalue weighted by Crippen LogP contribution is -2.00. The summed E-state index contributed by atoms with van der Waals surface area (Å²) in [4.78, 5) is 6.97. The maximum Gasteiger partial charge on any atom is 0.153 e. The van der Waals surface area contributed by atoms with Gasteiger partial charge in [0.15, 0.2) is 5.82 Å². The van der Waals surface area contributed by atoms with E-state index in [1.165, 1.54) is 6.07 Å². The highest BCUT2D eigenvalue weighted by Crippen LogP contribution is 2.19. The molecule has 3 nitrogen and oxygen atoms in total. The zero-order valence-electron chi connectivity index (χ0n) is 10.3. The van der Waals surface area contributed by atoms with E-state index in [-0.39, 0.29) is 5.52 Å². The lowest BCUT2D eigenvalue weighted by atomic mass is 10.3. The minimum atomic E-state index is -0.676. The number of anilines is 1. The maximum absolute atomic E-state index is 13.5. The first-order valence-electron chi connectivity index (χ1n) is 5.95. The molecule has 1 aromatic heterocycles. The number of fused-ring (bicyclic) bond motifs is 1. The lowest BCUT2D eigenvalue weighted by molar-refractivity contribution is 0.590. The number of hydrogen-bond donors (Lipinski definition) is 2. The second-order valence-electron chi connectivity index (χ2n) is 4.33. The van der Waals surface area contributed by atoms with Crippen LogP contribution in [0.1, 0.15) is 5.82 Å². The third-order valence-corrected chi connectivity index (χ3v) is 3.07. The fourth-order valence-electron chi connectivity index (χ4n) is 1.96. The van der Waals surface area contributed by atoms with Crippen LogP contribution in [0.3, 0.4) is 0 Å². The number of nitrogens with one attached hydrogen (secondary N) is 2. The van der Waals surface area contributed by atoms with Crippen LogP contribution in [0, 0.1) is 11.6 Å². The van der Waals surface area contributed by atoms with Crippen molar-refractivity contribution in [1.29, 1.82) is 0 Å². The Kier molecular flexibility index (Phi) is 3.28. The molecule has 0 amide bonds. The molecule has 3 aromatic rings. The monoisotopic (exact) mass is 293 g/mol. The molecule has 0 aliphatic rings. The predicted octanol–water partition coefficient (Wildman–Crippen LogP) is 4.11. The molecule has 0 spiro atoms. The second kappa shape index (κ2) is 5.09. The first kappa shape index (κ1) is 12.9. The molecule has 0 atom stereocenters. The van der Waals surface area contributed by atoms with Crippen molar-refractivity contribution in [2.75, 3.05) is 5.32 Å². The van der Waals surface area contributed by atoms with Crippen LogP contribution in [0.15, 0.2) is 36.4 Å². The number of nitrogens with zero attached hydrogens (tertiary/aromatic N) is 1. The molecule has 20 heavy (non-hydrogen) atoms. The summed E-state index contributed by atoms with van der Waals surface area (Å²) in [7, 11) is 0. The zero-order chi connectivity index (χ0) is 14.1. The Morgan fingerprint density at radius 2 is 2.05 bits per heavy atom. The fraction of sp³-hybridized carbons (Fsp3) is 0.0714. The van der Waals surface area contributed by atoms with Gasteiger partial charge in [-0.05, 0) is 24.3 Å². The molecule has 0 aliphatic carbocycles. The molecule has 2 N–H and O–H groups in total. The number of aromatic amines is 1. The van der Waals surface area contributed by atoms with Crippen LogP contribution in [0.25, 0.3) is 11.0 Å². The van der Waals surface area contributed by atoms with Gasteiger partial charge in [-0.2, -0.15) is 0 Å². The summed E-state index contributed by atoms with van der Waals surface area (Å²) in [6.45, 7) is 0.357. The summed E-state index contributed by atoms with van der Waals surface area (Å²) in [5.41, 5.74) is 1.30. The molecule has 0 bridgehead atoms. The van der Waals surface area contributed by atoms with E-state index >= 15 is 0 Å². The number of imidazole rings is 1.